The van der Waals surface area contributed by atoms with Crippen molar-refractivity contribution >= 4 is 23.5 Å². The van der Waals surface area contributed by atoms with E-state index < -0.39 is 35.7 Å². The topological polar surface area (TPSA) is 66.9 Å². The third-order valence-electron chi connectivity index (χ3n) is 5.15. The molecule has 1 unspecified atom stereocenters. The van der Waals surface area contributed by atoms with Gasteiger partial charge in [0, 0.05) is 24.7 Å². The summed E-state index contributed by atoms with van der Waals surface area (Å²) in [5, 5.41) is 7.38. The number of alkyl halides is 2. The van der Waals surface area contributed by atoms with Crippen molar-refractivity contribution in [1.29, 1.82) is 0 Å². The first-order chi connectivity index (χ1) is 15.3. The first-order valence-electron chi connectivity index (χ1n) is 10.2. The van der Waals surface area contributed by atoms with Gasteiger partial charge in [0.15, 0.2) is 0 Å². The van der Waals surface area contributed by atoms with E-state index in [1.165, 1.54) is 24.8 Å². The van der Waals surface area contributed by atoms with Gasteiger partial charge in [-0.2, -0.15) is 8.78 Å². The number of amides is 1. The van der Waals surface area contributed by atoms with E-state index in [4.69, 9.17) is 0 Å². The standard InChI is InChI=1S/C22H24F4N4OS/c1-3-22(25,26)21-28-12-15(20(31)29-18(9-10-32-2)13-7-8-13)19(30-21)27-11-14-16(23)5-4-6-17(14)24/h4-6,9-10,12-13,18H,3,7-8,11H2,1-2H3,(H,29,31)(H,27,28,30)/b10-9+. The number of hydrogen-bond donors (Lipinski definition) is 2. The highest BCUT2D eigenvalue weighted by Gasteiger charge is 2.35. The first kappa shape index (κ1) is 24.0. The van der Waals surface area contributed by atoms with E-state index >= 15 is 0 Å². The average Bonchev–Trinajstić information content (AvgIpc) is 3.61. The Morgan fingerprint density at radius 1 is 1.31 bits per heavy atom. The Kier molecular flexibility index (Phi) is 7.76. The van der Waals surface area contributed by atoms with Crippen LogP contribution in [0.1, 0.15) is 47.9 Å². The molecule has 0 aliphatic heterocycles. The molecule has 32 heavy (non-hydrogen) atoms. The van der Waals surface area contributed by atoms with E-state index in [2.05, 4.69) is 20.6 Å². The molecule has 1 heterocycles. The van der Waals surface area contributed by atoms with Crippen LogP contribution in [0.4, 0.5) is 23.4 Å². The van der Waals surface area contributed by atoms with Gasteiger partial charge >= 0.3 is 5.92 Å². The Labute approximate surface area is 188 Å². The molecule has 5 nitrogen and oxygen atoms in total. The molecule has 10 heteroatoms. The number of aromatic nitrogens is 2. The maximum absolute atomic E-state index is 14.2. The van der Waals surface area contributed by atoms with E-state index in [9.17, 15) is 22.4 Å². The summed E-state index contributed by atoms with van der Waals surface area (Å²) in [5.74, 6) is -6.15. The molecule has 1 aliphatic carbocycles. The number of hydrogen-bond acceptors (Lipinski definition) is 5. The van der Waals surface area contributed by atoms with E-state index in [0.29, 0.717) is 5.92 Å². The van der Waals surface area contributed by atoms with Crippen molar-refractivity contribution in [2.75, 3.05) is 11.6 Å². The normalized spacial score (nSPS) is 15.1. The number of benzene rings is 1. The van der Waals surface area contributed by atoms with Crippen molar-refractivity contribution in [3.8, 4) is 0 Å². The van der Waals surface area contributed by atoms with Gasteiger partial charge < -0.3 is 10.6 Å². The maximum Gasteiger partial charge on any atom is 0.306 e. The lowest BCUT2D eigenvalue weighted by Crippen LogP contribution is -2.36. The molecule has 0 saturated heterocycles. The van der Waals surface area contributed by atoms with Crippen LogP contribution in [-0.4, -0.2) is 28.2 Å². The zero-order valence-electron chi connectivity index (χ0n) is 17.7. The Morgan fingerprint density at radius 2 is 2.00 bits per heavy atom. The molecular formula is C22H24F4N4OS. The summed E-state index contributed by atoms with van der Waals surface area (Å²) >= 11 is 1.49. The molecule has 0 bridgehead atoms. The lowest BCUT2D eigenvalue weighted by atomic mass is 10.1. The van der Waals surface area contributed by atoms with Gasteiger partial charge in [-0.25, -0.2) is 18.7 Å². The number of carbonyl (C=O) groups excluding carboxylic acids is 1. The Morgan fingerprint density at radius 3 is 2.59 bits per heavy atom. The molecule has 3 rings (SSSR count). The number of nitrogens with zero attached hydrogens (tertiary/aromatic N) is 2. The molecule has 2 aromatic rings. The lowest BCUT2D eigenvalue weighted by Gasteiger charge is -2.18. The van der Waals surface area contributed by atoms with Crippen LogP contribution in [0.3, 0.4) is 0 Å². The summed E-state index contributed by atoms with van der Waals surface area (Å²) in [5.41, 5.74) is -0.374. The van der Waals surface area contributed by atoms with Crippen LogP contribution in [0.2, 0.25) is 0 Å². The van der Waals surface area contributed by atoms with Gasteiger partial charge in [0.05, 0.1) is 6.04 Å². The highest BCUT2D eigenvalue weighted by molar-refractivity contribution is 8.01. The quantitative estimate of drug-likeness (QED) is 0.466. The van der Waals surface area contributed by atoms with Crippen molar-refractivity contribution in [1.82, 2.24) is 15.3 Å². The summed E-state index contributed by atoms with van der Waals surface area (Å²) in [4.78, 5) is 20.5. The molecular weight excluding hydrogens is 444 g/mol. The molecule has 1 aliphatic rings. The summed E-state index contributed by atoms with van der Waals surface area (Å²) in [6, 6.07) is 3.17. The molecule has 1 saturated carbocycles. The second kappa shape index (κ2) is 10.3. The lowest BCUT2D eigenvalue weighted by molar-refractivity contribution is -0.0175. The second-order valence-corrected chi connectivity index (χ2v) is 8.21. The van der Waals surface area contributed by atoms with Gasteiger partial charge in [0.2, 0.25) is 5.82 Å². The number of thioether (sulfide) groups is 1. The highest BCUT2D eigenvalue weighted by Crippen LogP contribution is 2.34. The fourth-order valence-corrected chi connectivity index (χ4v) is 3.39. The fraction of sp³-hybridized carbons (Fsp3) is 0.409. The summed E-state index contributed by atoms with van der Waals surface area (Å²) < 4.78 is 56.3. The average molecular weight is 469 g/mol. The van der Waals surface area contributed by atoms with Gasteiger partial charge in [-0.05, 0) is 42.6 Å². The predicted molar refractivity (Wildman–Crippen MR) is 117 cm³/mol. The molecule has 1 aromatic carbocycles. The second-order valence-electron chi connectivity index (χ2n) is 7.47. The van der Waals surface area contributed by atoms with Gasteiger partial charge in [0.1, 0.15) is 23.0 Å². The van der Waals surface area contributed by atoms with Crippen LogP contribution >= 0.6 is 11.8 Å². The van der Waals surface area contributed by atoms with E-state index in [0.717, 1.165) is 31.2 Å². The Bertz CT molecular complexity index is 978. The third-order valence-corrected chi connectivity index (χ3v) is 5.58. The summed E-state index contributed by atoms with van der Waals surface area (Å²) in [7, 11) is 0. The number of rotatable bonds is 10. The maximum atomic E-state index is 14.2. The molecule has 2 N–H and O–H groups in total. The van der Waals surface area contributed by atoms with Gasteiger partial charge in [-0.15, -0.1) is 11.8 Å². The van der Waals surface area contributed by atoms with Crippen LogP contribution in [0.25, 0.3) is 0 Å². The highest BCUT2D eigenvalue weighted by atomic mass is 32.2. The molecule has 1 fully saturated rings. The zero-order valence-corrected chi connectivity index (χ0v) is 18.5. The first-order valence-corrected chi connectivity index (χ1v) is 11.5. The minimum atomic E-state index is -3.31. The smallest absolute Gasteiger partial charge is 0.306 e. The van der Waals surface area contributed by atoms with Crippen molar-refractivity contribution < 1.29 is 22.4 Å². The van der Waals surface area contributed by atoms with Crippen LogP contribution in [0, 0.1) is 17.6 Å². The summed E-state index contributed by atoms with van der Waals surface area (Å²) in [6.07, 6.45) is 6.20. The van der Waals surface area contributed by atoms with E-state index in [1.54, 1.807) is 0 Å². The van der Waals surface area contributed by atoms with Crippen LogP contribution in [0.15, 0.2) is 35.9 Å². The largest absolute Gasteiger partial charge is 0.365 e. The van der Waals surface area contributed by atoms with E-state index in [-0.39, 0.29) is 29.5 Å². The minimum Gasteiger partial charge on any atom is -0.365 e. The van der Waals surface area contributed by atoms with Crippen LogP contribution in [0.5, 0.6) is 0 Å². The number of anilines is 1. The van der Waals surface area contributed by atoms with Crippen LogP contribution in [-0.2, 0) is 12.5 Å². The SMILES string of the molecule is CCC(F)(F)c1ncc(C(=O)NC(/C=C/SC)C2CC2)c(NCc2c(F)cccc2F)n1. The molecule has 0 radical (unpaired) electrons. The Balaban J connectivity index is 1.90. The van der Waals surface area contributed by atoms with Gasteiger partial charge in [0.25, 0.3) is 5.91 Å². The van der Waals surface area contributed by atoms with Gasteiger partial charge in [-0.3, -0.25) is 4.79 Å². The third kappa shape index (κ3) is 5.79. The minimum absolute atomic E-state index is 0.0828. The molecule has 172 valence electrons. The van der Waals surface area contributed by atoms with Crippen molar-refractivity contribution in [3.63, 3.8) is 0 Å². The van der Waals surface area contributed by atoms with Crippen molar-refractivity contribution in [2.24, 2.45) is 5.92 Å². The number of nitrogens with one attached hydrogen (secondary N) is 2. The van der Waals surface area contributed by atoms with Crippen molar-refractivity contribution in [2.45, 2.75) is 44.7 Å². The number of halogens is 4. The number of carbonyl (C=O) groups is 1. The van der Waals surface area contributed by atoms with Crippen LogP contribution < -0.4 is 10.6 Å². The monoisotopic (exact) mass is 468 g/mol. The fourth-order valence-electron chi connectivity index (χ4n) is 3.06. The van der Waals surface area contributed by atoms with Crippen molar-refractivity contribution in [3.05, 3.63) is 64.5 Å². The van der Waals surface area contributed by atoms with Gasteiger partial charge in [-0.1, -0.05) is 19.1 Å². The summed E-state index contributed by atoms with van der Waals surface area (Å²) in [6.45, 7) is 0.898. The van der Waals surface area contributed by atoms with E-state index in [1.807, 2.05) is 17.7 Å². The zero-order chi connectivity index (χ0) is 23.3. The molecule has 1 aromatic heterocycles. The Hall–Kier alpha value is -2.62. The predicted octanol–water partition coefficient (Wildman–Crippen LogP) is 5.25. The molecule has 0 spiro atoms. The molecule has 1 atom stereocenters. The molecule has 1 amide bonds.